The summed E-state index contributed by atoms with van der Waals surface area (Å²) in [6.07, 6.45) is 0.322. The van der Waals surface area contributed by atoms with Crippen LogP contribution in [0.25, 0.3) is 0 Å². The Morgan fingerprint density at radius 3 is 1.55 bits per heavy atom. The van der Waals surface area contributed by atoms with Gasteiger partial charge >= 0.3 is 12.2 Å². The molecular formula is C49H69N7O8Si. The minimum atomic E-state index is -1.93. The van der Waals surface area contributed by atoms with Crippen LogP contribution in [0.2, 0.25) is 19.1 Å². The Morgan fingerprint density at radius 1 is 0.677 bits per heavy atom. The van der Waals surface area contributed by atoms with Crippen molar-refractivity contribution in [2.45, 2.75) is 123 Å². The van der Waals surface area contributed by atoms with Crippen molar-refractivity contribution in [3.8, 4) is 0 Å². The minimum absolute atomic E-state index is 0.0143. The van der Waals surface area contributed by atoms with Gasteiger partial charge in [-0.1, -0.05) is 98.0 Å². The number of anilines is 3. The summed E-state index contributed by atoms with van der Waals surface area (Å²) in [6, 6.07) is 21.7. The summed E-state index contributed by atoms with van der Waals surface area (Å²) in [4.78, 5) is 84.3. The maximum atomic E-state index is 13.9. The Morgan fingerprint density at radius 2 is 1.12 bits per heavy atom. The number of carbonyl (C=O) groups is 6. The average Bonchev–Trinajstić information content (AvgIpc) is 3.89. The summed E-state index contributed by atoms with van der Waals surface area (Å²) >= 11 is 0. The number of alkyl carbamates (subject to hydrolysis) is 2. The maximum Gasteiger partial charge on any atom is 0.407 e. The second-order valence-electron chi connectivity index (χ2n) is 19.8. The molecule has 352 valence electrons. The quantitative estimate of drug-likeness (QED) is 0.114. The van der Waals surface area contributed by atoms with E-state index in [1.54, 1.807) is 9.80 Å². The first-order chi connectivity index (χ1) is 30.6. The van der Waals surface area contributed by atoms with Gasteiger partial charge in [-0.3, -0.25) is 19.2 Å². The van der Waals surface area contributed by atoms with Crippen molar-refractivity contribution >= 4 is 61.0 Å². The first-order valence-electron chi connectivity index (χ1n) is 22.6. The van der Waals surface area contributed by atoms with Crippen LogP contribution in [-0.4, -0.2) is 105 Å². The number of nitrogens with zero attached hydrogens (tertiary/aromatic N) is 3. The molecule has 5 rings (SSSR count). The smallest absolute Gasteiger partial charge is 0.407 e. The molecule has 0 aromatic heterocycles. The Balaban J connectivity index is 1.28. The van der Waals surface area contributed by atoms with Crippen molar-refractivity contribution in [3.05, 3.63) is 89.5 Å². The predicted octanol–water partition coefficient (Wildman–Crippen LogP) is 7.28. The summed E-state index contributed by atoms with van der Waals surface area (Å²) < 4.78 is 9.50. The summed E-state index contributed by atoms with van der Waals surface area (Å²) in [5, 5.41) is 11.3. The van der Waals surface area contributed by atoms with Crippen LogP contribution >= 0.6 is 0 Å². The highest BCUT2D eigenvalue weighted by Gasteiger charge is 2.47. The number of methoxy groups -OCH3 is 2. The average molecular weight is 912 g/mol. The monoisotopic (exact) mass is 911 g/mol. The molecule has 2 aliphatic rings. The van der Waals surface area contributed by atoms with Gasteiger partial charge in [-0.05, 0) is 89.2 Å². The normalized spacial score (nSPS) is 17.9. The summed E-state index contributed by atoms with van der Waals surface area (Å²) in [5.74, 6) is -1.54. The molecule has 3 aromatic rings. The van der Waals surface area contributed by atoms with Gasteiger partial charge < -0.3 is 45.4 Å². The molecule has 65 heavy (non-hydrogen) atoms. The number of carbonyl (C=O) groups excluding carboxylic acids is 6. The molecule has 15 nitrogen and oxygen atoms in total. The molecule has 4 N–H and O–H groups in total. The van der Waals surface area contributed by atoms with Crippen LogP contribution < -0.4 is 26.2 Å². The van der Waals surface area contributed by atoms with E-state index in [1.165, 1.54) is 19.8 Å². The molecule has 0 aliphatic carbocycles. The Labute approximate surface area is 385 Å². The first kappa shape index (κ1) is 50.1. The number of benzene rings is 3. The SMILES string of the molecule is COC(=O)N[C@H](C(=O)N1CCC[C@H]1C(=O)Nc1ccc(CN(Cc2ccc(NC(=O)[C@@H]3C[Si](C)(C)CN3C(=O)[C@@H](NC(=O)OC)C(C)C)cc2)c2ccc(C(C)(C)C)cc2)cc1)C(C)C. The van der Waals surface area contributed by atoms with Crippen molar-refractivity contribution in [3.63, 3.8) is 0 Å². The molecule has 0 radical (unpaired) electrons. The van der Waals surface area contributed by atoms with Crippen LogP contribution in [0.3, 0.4) is 0 Å². The van der Waals surface area contributed by atoms with Crippen molar-refractivity contribution in [2.24, 2.45) is 11.8 Å². The standard InChI is InChI=1S/C49H69N7O8Si/c1-31(2)41(52-47(61)63-8)45(59)55-26-12-13-39(55)43(57)50-36-20-14-33(15-21-36)27-54(38-24-18-35(19-25-38)49(5,6)7)28-34-16-22-37(23-17-34)51-44(58)40-29-65(10,11)30-56(40)46(60)42(32(3)4)53-48(62)64-9/h14-25,31-32,39-42H,12-13,26-30H2,1-11H3,(H,50,57)(H,51,58)(H,52,61)(H,53,62)/t39-,40-,41-,42-/m0/s1. The molecule has 0 bridgehead atoms. The van der Waals surface area contributed by atoms with Crippen molar-refractivity contribution in [1.82, 2.24) is 20.4 Å². The molecule has 2 aliphatic heterocycles. The topological polar surface area (TPSA) is 179 Å². The summed E-state index contributed by atoms with van der Waals surface area (Å²) in [6.45, 7) is 19.8. The van der Waals surface area contributed by atoms with Gasteiger partial charge in [0.25, 0.3) is 0 Å². The zero-order valence-corrected chi connectivity index (χ0v) is 40.9. The van der Waals surface area contributed by atoms with Gasteiger partial charge in [0, 0.05) is 42.9 Å². The van der Waals surface area contributed by atoms with E-state index < -0.39 is 44.4 Å². The lowest BCUT2D eigenvalue weighted by atomic mass is 9.87. The van der Waals surface area contributed by atoms with Gasteiger partial charge in [0.2, 0.25) is 23.6 Å². The Hall–Kier alpha value is -5.90. The third-order valence-electron chi connectivity index (χ3n) is 12.2. The number of nitrogens with one attached hydrogen (secondary N) is 4. The van der Waals surface area contributed by atoms with Gasteiger partial charge in [-0.15, -0.1) is 0 Å². The van der Waals surface area contributed by atoms with E-state index in [-0.39, 0.29) is 40.9 Å². The molecule has 0 unspecified atom stereocenters. The van der Waals surface area contributed by atoms with Gasteiger partial charge in [-0.25, -0.2) is 9.59 Å². The highest BCUT2D eigenvalue weighted by Crippen LogP contribution is 2.31. The molecular weight excluding hydrogens is 843 g/mol. The lowest BCUT2D eigenvalue weighted by Gasteiger charge is -2.30. The van der Waals surface area contributed by atoms with Gasteiger partial charge in [-0.2, -0.15) is 0 Å². The minimum Gasteiger partial charge on any atom is -0.453 e. The van der Waals surface area contributed by atoms with Gasteiger partial charge in [0.05, 0.1) is 22.3 Å². The van der Waals surface area contributed by atoms with Crippen LogP contribution in [0.5, 0.6) is 0 Å². The van der Waals surface area contributed by atoms with Gasteiger partial charge in [0.1, 0.15) is 24.2 Å². The van der Waals surface area contributed by atoms with E-state index >= 15 is 0 Å². The fraction of sp³-hybridized carbons (Fsp3) is 0.510. The zero-order chi connectivity index (χ0) is 47.8. The van der Waals surface area contributed by atoms with Crippen molar-refractivity contribution in [2.75, 3.05) is 42.5 Å². The van der Waals surface area contributed by atoms with E-state index in [4.69, 9.17) is 9.47 Å². The molecule has 2 saturated heterocycles. The highest BCUT2D eigenvalue weighted by molar-refractivity contribution is 6.79. The number of amides is 6. The Bertz CT molecular complexity index is 2160. The van der Waals surface area contributed by atoms with Crippen molar-refractivity contribution < 1.29 is 38.2 Å². The van der Waals surface area contributed by atoms with E-state index in [2.05, 4.69) is 84.3 Å². The van der Waals surface area contributed by atoms with Crippen LogP contribution in [0.4, 0.5) is 26.7 Å². The predicted molar refractivity (Wildman–Crippen MR) is 256 cm³/mol. The fourth-order valence-corrected chi connectivity index (χ4v) is 11.4. The van der Waals surface area contributed by atoms with Crippen LogP contribution in [0.1, 0.15) is 78.0 Å². The number of hydrogen-bond acceptors (Lipinski definition) is 9. The van der Waals surface area contributed by atoms with E-state index in [0.29, 0.717) is 56.1 Å². The molecule has 16 heteroatoms. The highest BCUT2D eigenvalue weighted by atomic mass is 28.3. The third kappa shape index (κ3) is 13.1. The van der Waals surface area contributed by atoms with Gasteiger partial charge in [0.15, 0.2) is 0 Å². The Kier molecular flexibility index (Phi) is 16.5. The molecule has 6 amide bonds. The molecule has 3 aromatic carbocycles. The number of likely N-dealkylation sites (tertiary alicyclic amines) is 1. The molecule has 0 spiro atoms. The fourth-order valence-electron chi connectivity index (χ4n) is 8.48. The summed E-state index contributed by atoms with van der Waals surface area (Å²) in [5.41, 5.74) is 5.49. The largest absolute Gasteiger partial charge is 0.453 e. The lowest BCUT2D eigenvalue weighted by Crippen LogP contribution is -2.54. The van der Waals surface area contributed by atoms with E-state index in [0.717, 1.165) is 16.8 Å². The van der Waals surface area contributed by atoms with Crippen LogP contribution in [-0.2, 0) is 47.2 Å². The zero-order valence-electron chi connectivity index (χ0n) is 39.9. The summed E-state index contributed by atoms with van der Waals surface area (Å²) in [7, 11) is 0.575. The third-order valence-corrected chi connectivity index (χ3v) is 14.9. The number of ether oxygens (including phenoxy) is 2. The van der Waals surface area contributed by atoms with Crippen molar-refractivity contribution in [1.29, 1.82) is 0 Å². The van der Waals surface area contributed by atoms with E-state index in [1.807, 2.05) is 76.2 Å². The van der Waals surface area contributed by atoms with E-state index in [9.17, 15) is 28.8 Å². The van der Waals surface area contributed by atoms with Crippen LogP contribution in [0, 0.1) is 11.8 Å². The second-order valence-corrected chi connectivity index (χ2v) is 24.8. The molecule has 0 saturated carbocycles. The first-order valence-corrected chi connectivity index (χ1v) is 26.0. The number of rotatable bonds is 15. The lowest BCUT2D eigenvalue weighted by molar-refractivity contribution is -0.139. The molecule has 2 heterocycles. The maximum absolute atomic E-state index is 13.9. The number of hydrogen-bond donors (Lipinski definition) is 4. The van der Waals surface area contributed by atoms with Crippen LogP contribution in [0.15, 0.2) is 72.8 Å². The molecule has 4 atom stereocenters. The second kappa shape index (κ2) is 21.4. The molecule has 2 fully saturated rings.